The minimum atomic E-state index is -1.05. The zero-order chi connectivity index (χ0) is 34.1. The smallest absolute Gasteiger partial charge is 0.455 e. The summed E-state index contributed by atoms with van der Waals surface area (Å²) in [7, 11) is -1.05. The van der Waals surface area contributed by atoms with Crippen LogP contribution in [0.4, 0.5) is 17.1 Å². The third-order valence-electron chi connectivity index (χ3n) is 10.0. The Kier molecular flexibility index (Phi) is 9.21. The predicted octanol–water partition coefficient (Wildman–Crippen LogP) is 7.51. The number of carbonyl (C=O) groups excluding carboxylic acids is 2. The van der Waals surface area contributed by atoms with E-state index in [-0.39, 0.29) is 35.7 Å². The van der Waals surface area contributed by atoms with Crippen molar-refractivity contribution in [2.45, 2.75) is 45.5 Å². The van der Waals surface area contributed by atoms with Crippen molar-refractivity contribution in [3.63, 3.8) is 0 Å². The number of carbonyl (C=O) groups is 2. The minimum Gasteiger partial charge on any atom is -0.508 e. The van der Waals surface area contributed by atoms with Gasteiger partial charge < -0.3 is 20.1 Å². The van der Waals surface area contributed by atoms with Gasteiger partial charge >= 0.3 is 7.12 Å². The van der Waals surface area contributed by atoms with Crippen LogP contribution < -0.4 is 10.2 Å². The Balaban J connectivity index is 1.16. The van der Waals surface area contributed by atoms with E-state index in [4.69, 9.17) is 4.65 Å². The second-order valence-corrected chi connectivity index (χ2v) is 13.5. The van der Waals surface area contributed by atoms with Crippen LogP contribution in [0.15, 0.2) is 114 Å². The highest BCUT2D eigenvalue weighted by atomic mass is 16.5. The lowest BCUT2D eigenvalue weighted by Gasteiger charge is -2.44. The first-order chi connectivity index (χ1) is 23.8. The number of nitrogens with one attached hydrogen (secondary N) is 1. The number of pyridine rings is 1. The number of allylic oxidation sites excluding steroid dienone is 2. The number of nitrogens with zero attached hydrogens (tertiary/aromatic N) is 2. The van der Waals surface area contributed by atoms with Gasteiger partial charge in [0.25, 0.3) is 0 Å². The minimum absolute atomic E-state index is 0.142. The van der Waals surface area contributed by atoms with E-state index in [1.807, 2.05) is 84.9 Å². The average molecular weight is 654 g/mol. The lowest BCUT2D eigenvalue weighted by atomic mass is 9.57. The third-order valence-corrected chi connectivity index (χ3v) is 10.0. The molecule has 1 aliphatic carbocycles. The number of benzene rings is 3. The topological polar surface area (TPSA) is 112 Å². The zero-order valence-corrected chi connectivity index (χ0v) is 27.7. The molecule has 0 radical (unpaired) electrons. The van der Waals surface area contributed by atoms with Crippen molar-refractivity contribution >= 4 is 47.6 Å². The molecule has 2 amide bonds. The Labute approximate surface area is 287 Å². The van der Waals surface area contributed by atoms with Crippen molar-refractivity contribution in [2.75, 3.05) is 10.2 Å². The van der Waals surface area contributed by atoms with Crippen LogP contribution in [-0.4, -0.2) is 40.2 Å². The van der Waals surface area contributed by atoms with Crippen LogP contribution in [0.5, 0.6) is 5.75 Å². The number of aromatic nitrogens is 1. The largest absolute Gasteiger partial charge is 0.508 e. The van der Waals surface area contributed by atoms with Gasteiger partial charge in [0.1, 0.15) is 5.75 Å². The summed E-state index contributed by atoms with van der Waals surface area (Å²) < 4.78 is 6.27. The van der Waals surface area contributed by atoms with E-state index in [9.17, 15) is 19.7 Å². The molecule has 3 N–H and O–H groups in total. The first kappa shape index (κ1) is 32.6. The second kappa shape index (κ2) is 13.9. The fourth-order valence-corrected chi connectivity index (χ4v) is 7.77. The van der Waals surface area contributed by atoms with Crippen molar-refractivity contribution in [3.05, 3.63) is 126 Å². The lowest BCUT2D eigenvalue weighted by molar-refractivity contribution is -0.122. The van der Waals surface area contributed by atoms with E-state index in [2.05, 4.69) is 30.2 Å². The number of hydrogen-bond acceptors (Lipinski definition) is 7. The SMILES string of the molecule is CC(C)C1=C2[C@@H](CC/C(=C/c3ccc(O)cc3)c3ccccn3)OB(O)C[C@@H]2[C@@H]2C(=O)N(c3ccc(Nc4ccccc4)cc3)C(=O)[C@@H]2C1. The Morgan fingerprint density at radius 2 is 1.65 bits per heavy atom. The molecule has 0 saturated carbocycles. The van der Waals surface area contributed by atoms with Crippen LogP contribution in [0.25, 0.3) is 11.6 Å². The van der Waals surface area contributed by atoms with Crippen LogP contribution in [0.3, 0.4) is 0 Å². The van der Waals surface area contributed by atoms with E-state index in [1.54, 1.807) is 18.3 Å². The molecule has 248 valence electrons. The molecule has 4 atom stereocenters. The maximum atomic E-state index is 14.3. The summed E-state index contributed by atoms with van der Waals surface area (Å²) in [4.78, 5) is 34.3. The van der Waals surface area contributed by atoms with E-state index in [0.29, 0.717) is 24.9 Å². The molecule has 0 spiro atoms. The molecule has 0 unspecified atom stereocenters. The lowest BCUT2D eigenvalue weighted by Crippen LogP contribution is -2.46. The summed E-state index contributed by atoms with van der Waals surface area (Å²) in [6.07, 6.45) is 5.34. The molecule has 4 aromatic rings. The highest BCUT2D eigenvalue weighted by Crippen LogP contribution is 2.52. The number of fused-ring (bicyclic) bond motifs is 3. The van der Waals surface area contributed by atoms with Crippen molar-refractivity contribution in [3.8, 4) is 5.75 Å². The highest BCUT2D eigenvalue weighted by molar-refractivity contribution is 6.43. The van der Waals surface area contributed by atoms with Crippen molar-refractivity contribution in [2.24, 2.45) is 23.7 Å². The standard InChI is InChI=1S/C40H40BN3O5/c1-25(2)32-23-33-38(40(47)44(39(33)46)30-16-14-29(15-17-30)43-28-8-4-3-5-9-28)34-24-41(48)49-36(37(32)34)20-13-27(35-10-6-7-21-42-35)22-26-11-18-31(45)19-12-26/h3-12,14-19,21-22,25,33-34,36,38,43,45,48H,13,20,23-24H2,1-2H3/b27-22-/t33-,34+,36-,38-/m1/s1. The highest BCUT2D eigenvalue weighted by Gasteiger charge is 2.57. The molecule has 2 fully saturated rings. The van der Waals surface area contributed by atoms with Gasteiger partial charge in [0.05, 0.1) is 29.3 Å². The molecular formula is C40H40BN3O5. The average Bonchev–Trinajstić information content (AvgIpc) is 3.37. The summed E-state index contributed by atoms with van der Waals surface area (Å²) in [6.45, 7) is 4.26. The van der Waals surface area contributed by atoms with E-state index in [0.717, 1.165) is 39.4 Å². The summed E-state index contributed by atoms with van der Waals surface area (Å²) in [5.74, 6) is -1.39. The molecule has 2 saturated heterocycles. The number of phenols is 1. The Bertz CT molecular complexity index is 1880. The fourth-order valence-electron chi connectivity index (χ4n) is 7.77. The first-order valence-corrected chi connectivity index (χ1v) is 17.0. The summed E-state index contributed by atoms with van der Waals surface area (Å²) in [5, 5.41) is 24.2. The van der Waals surface area contributed by atoms with Gasteiger partial charge in [-0.15, -0.1) is 0 Å². The summed E-state index contributed by atoms with van der Waals surface area (Å²) in [5.41, 5.74) is 7.34. The molecule has 49 heavy (non-hydrogen) atoms. The predicted molar refractivity (Wildman–Crippen MR) is 193 cm³/mol. The number of para-hydroxylation sites is 1. The third kappa shape index (κ3) is 6.69. The maximum absolute atomic E-state index is 14.3. The number of amides is 2. The number of imide groups is 1. The second-order valence-electron chi connectivity index (χ2n) is 13.5. The fraction of sp³-hybridized carbons (Fsp3) is 0.275. The molecule has 7 rings (SSSR count). The van der Waals surface area contributed by atoms with Crippen molar-refractivity contribution in [1.82, 2.24) is 4.98 Å². The quantitative estimate of drug-likeness (QED) is 0.0974. The monoisotopic (exact) mass is 653 g/mol. The molecule has 2 aliphatic heterocycles. The zero-order valence-electron chi connectivity index (χ0n) is 27.7. The number of rotatable bonds is 9. The maximum Gasteiger partial charge on any atom is 0.455 e. The van der Waals surface area contributed by atoms with E-state index >= 15 is 0 Å². The Morgan fingerprint density at radius 3 is 2.35 bits per heavy atom. The van der Waals surface area contributed by atoms with Gasteiger partial charge in [-0.05, 0) is 121 Å². The molecule has 8 nitrogen and oxygen atoms in total. The van der Waals surface area contributed by atoms with Gasteiger partial charge in [-0.2, -0.15) is 0 Å². The van der Waals surface area contributed by atoms with Gasteiger partial charge in [0, 0.05) is 17.6 Å². The molecule has 3 aromatic carbocycles. The van der Waals surface area contributed by atoms with Gasteiger partial charge in [-0.3, -0.25) is 19.5 Å². The van der Waals surface area contributed by atoms with Crippen molar-refractivity contribution in [1.29, 1.82) is 0 Å². The van der Waals surface area contributed by atoms with Crippen LogP contribution in [0, 0.1) is 23.7 Å². The number of phenolic OH excluding ortho intramolecular Hbond substituents is 1. The van der Waals surface area contributed by atoms with Gasteiger partial charge in [0.2, 0.25) is 11.8 Å². The Hall–Kier alpha value is -4.99. The number of aromatic hydroxyl groups is 1. The molecular weight excluding hydrogens is 613 g/mol. The van der Waals surface area contributed by atoms with E-state index < -0.39 is 25.1 Å². The molecule has 9 heteroatoms. The van der Waals surface area contributed by atoms with Gasteiger partial charge in [0.15, 0.2) is 0 Å². The van der Waals surface area contributed by atoms with Gasteiger partial charge in [-0.1, -0.05) is 55.8 Å². The number of anilines is 3. The van der Waals surface area contributed by atoms with Crippen LogP contribution in [-0.2, 0) is 14.2 Å². The molecule has 3 heterocycles. The molecule has 3 aliphatic rings. The van der Waals surface area contributed by atoms with Crippen LogP contribution in [0.2, 0.25) is 6.32 Å². The van der Waals surface area contributed by atoms with E-state index in [1.165, 1.54) is 4.90 Å². The number of hydrogen-bond donors (Lipinski definition) is 3. The van der Waals surface area contributed by atoms with Crippen molar-refractivity contribution < 1.29 is 24.4 Å². The summed E-state index contributed by atoms with van der Waals surface area (Å²) in [6, 6.07) is 30.1. The molecule has 1 aromatic heterocycles. The Morgan fingerprint density at radius 1 is 0.939 bits per heavy atom. The van der Waals surface area contributed by atoms with Crippen LogP contribution in [0.1, 0.15) is 44.4 Å². The van der Waals surface area contributed by atoms with Crippen LogP contribution >= 0.6 is 0 Å². The van der Waals surface area contributed by atoms with Gasteiger partial charge in [-0.25, -0.2) is 0 Å². The first-order valence-electron chi connectivity index (χ1n) is 17.0. The summed E-state index contributed by atoms with van der Waals surface area (Å²) >= 11 is 0. The molecule has 0 bridgehead atoms. The normalized spacial score (nSPS) is 22.4.